The number of halogens is 3. The predicted molar refractivity (Wildman–Crippen MR) is 86.3 cm³/mol. The van der Waals surface area contributed by atoms with Crippen molar-refractivity contribution < 1.29 is 36.2 Å². The Morgan fingerprint density at radius 2 is 1.69 bits per heavy atom. The highest BCUT2D eigenvalue weighted by molar-refractivity contribution is 7.92. The van der Waals surface area contributed by atoms with Gasteiger partial charge in [-0.05, 0) is 36.2 Å². The maximum absolute atomic E-state index is 12.4. The van der Waals surface area contributed by atoms with E-state index < -0.39 is 28.1 Å². The Hall–Kier alpha value is -2.75. The second kappa shape index (κ2) is 7.65. The van der Waals surface area contributed by atoms with Gasteiger partial charge in [-0.2, -0.15) is 0 Å². The lowest BCUT2D eigenvalue weighted by atomic mass is 10.1. The van der Waals surface area contributed by atoms with E-state index in [1.807, 2.05) is 4.72 Å². The third-order valence-electron chi connectivity index (χ3n) is 3.22. The molecule has 0 heterocycles. The number of hydrogen-bond donors (Lipinski definition) is 2. The van der Waals surface area contributed by atoms with E-state index in [9.17, 15) is 26.4 Å². The van der Waals surface area contributed by atoms with E-state index >= 15 is 0 Å². The van der Waals surface area contributed by atoms with Crippen LogP contribution in [0.5, 0.6) is 5.75 Å². The summed E-state index contributed by atoms with van der Waals surface area (Å²) < 4.78 is 67.8. The van der Waals surface area contributed by atoms with Crippen LogP contribution >= 0.6 is 0 Å². The highest BCUT2D eigenvalue weighted by Crippen LogP contribution is 2.31. The molecule has 0 aliphatic heterocycles. The molecule has 2 aromatic rings. The fourth-order valence-electron chi connectivity index (χ4n) is 2.05. The van der Waals surface area contributed by atoms with Crippen LogP contribution in [-0.2, 0) is 21.2 Å². The van der Waals surface area contributed by atoms with Gasteiger partial charge in [-0.15, -0.1) is 13.2 Å². The number of hydrogen-bond acceptors (Lipinski definition) is 4. The zero-order valence-corrected chi connectivity index (χ0v) is 14.0. The Labute approximate surface area is 147 Å². The van der Waals surface area contributed by atoms with Crippen LogP contribution in [0.3, 0.4) is 0 Å². The summed E-state index contributed by atoms with van der Waals surface area (Å²) in [5.74, 6) is -1.66. The fourth-order valence-corrected chi connectivity index (χ4v) is 3.13. The first-order chi connectivity index (χ1) is 12.1. The van der Waals surface area contributed by atoms with Gasteiger partial charge in [0.15, 0.2) is 5.75 Å². The van der Waals surface area contributed by atoms with Crippen LogP contribution in [0.2, 0.25) is 0 Å². The van der Waals surface area contributed by atoms with Crippen LogP contribution in [-0.4, -0.2) is 25.9 Å². The van der Waals surface area contributed by atoms with E-state index in [4.69, 9.17) is 5.11 Å². The van der Waals surface area contributed by atoms with Gasteiger partial charge >= 0.3 is 12.3 Å². The van der Waals surface area contributed by atoms with E-state index in [1.54, 1.807) is 0 Å². The number of carboxylic acid groups (broad SMARTS) is 1. The topological polar surface area (TPSA) is 92.7 Å². The van der Waals surface area contributed by atoms with Crippen LogP contribution in [0, 0.1) is 0 Å². The van der Waals surface area contributed by atoms with Crippen LogP contribution < -0.4 is 9.46 Å². The lowest BCUT2D eigenvalue weighted by molar-refractivity contribution is -0.274. The number of aryl methyl sites for hydroxylation is 1. The van der Waals surface area contributed by atoms with Crippen LogP contribution in [0.25, 0.3) is 0 Å². The molecule has 0 aromatic heterocycles. The normalized spacial score (nSPS) is 11.8. The minimum atomic E-state index is -4.96. The molecule has 26 heavy (non-hydrogen) atoms. The second-order valence-electron chi connectivity index (χ2n) is 5.19. The number of ether oxygens (including phenoxy) is 1. The molecule has 0 amide bonds. The maximum Gasteiger partial charge on any atom is 0.573 e. The summed E-state index contributed by atoms with van der Waals surface area (Å²) in [5.41, 5.74) is 0.256. The quantitative estimate of drug-likeness (QED) is 0.757. The number of nitrogens with one attached hydrogen (secondary N) is 1. The van der Waals surface area contributed by atoms with Crippen molar-refractivity contribution in [2.75, 3.05) is 4.72 Å². The molecule has 0 spiro atoms. The molecule has 2 aromatic carbocycles. The average molecular weight is 389 g/mol. The summed E-state index contributed by atoms with van der Waals surface area (Å²) >= 11 is 0. The third-order valence-corrected chi connectivity index (χ3v) is 4.60. The number of anilines is 1. The van der Waals surface area contributed by atoms with Crippen molar-refractivity contribution in [3.63, 3.8) is 0 Å². The molecule has 0 aliphatic carbocycles. The van der Waals surface area contributed by atoms with Crippen molar-refractivity contribution in [3.05, 3.63) is 54.1 Å². The zero-order valence-electron chi connectivity index (χ0n) is 13.2. The van der Waals surface area contributed by atoms with Gasteiger partial charge < -0.3 is 9.84 Å². The Bertz CT molecular complexity index is 880. The van der Waals surface area contributed by atoms with Crippen molar-refractivity contribution in [1.29, 1.82) is 0 Å². The molecular weight excluding hydrogens is 375 g/mol. The number of carboxylic acids is 1. The van der Waals surface area contributed by atoms with Gasteiger partial charge in [0.1, 0.15) is 0 Å². The van der Waals surface area contributed by atoms with Gasteiger partial charge in [-0.25, -0.2) is 8.42 Å². The zero-order chi connectivity index (χ0) is 19.4. The van der Waals surface area contributed by atoms with Crippen molar-refractivity contribution in [3.8, 4) is 5.75 Å². The maximum atomic E-state index is 12.4. The molecule has 0 saturated carbocycles. The van der Waals surface area contributed by atoms with Crippen LogP contribution in [0.15, 0.2) is 53.4 Å². The summed E-state index contributed by atoms with van der Waals surface area (Å²) in [6.07, 6.45) is -4.84. The summed E-state index contributed by atoms with van der Waals surface area (Å²) in [4.78, 5) is 10.4. The first-order valence-electron chi connectivity index (χ1n) is 7.25. The number of rotatable bonds is 7. The fraction of sp³-hybridized carbons (Fsp3) is 0.188. The third kappa shape index (κ3) is 5.66. The first-order valence-corrected chi connectivity index (χ1v) is 8.73. The SMILES string of the molecule is O=C(O)CCc1ccc(S(=O)(=O)Nc2ccccc2OC(F)(F)F)cc1. The van der Waals surface area contributed by atoms with Gasteiger partial charge in [-0.1, -0.05) is 24.3 Å². The molecule has 0 radical (unpaired) electrons. The Morgan fingerprint density at radius 1 is 1.08 bits per heavy atom. The Balaban J connectivity index is 2.20. The van der Waals surface area contributed by atoms with Crippen LogP contribution in [0.1, 0.15) is 12.0 Å². The number of sulfonamides is 1. The van der Waals surface area contributed by atoms with E-state index in [2.05, 4.69) is 4.74 Å². The molecule has 2 N–H and O–H groups in total. The lowest BCUT2D eigenvalue weighted by Crippen LogP contribution is -2.19. The van der Waals surface area contributed by atoms with Gasteiger partial charge in [0.25, 0.3) is 10.0 Å². The van der Waals surface area contributed by atoms with E-state index in [0.717, 1.165) is 12.1 Å². The van der Waals surface area contributed by atoms with Crippen molar-refractivity contribution in [2.24, 2.45) is 0 Å². The van der Waals surface area contributed by atoms with Crippen molar-refractivity contribution >= 4 is 21.7 Å². The second-order valence-corrected chi connectivity index (χ2v) is 6.87. The van der Waals surface area contributed by atoms with E-state index in [1.165, 1.54) is 36.4 Å². The molecule has 6 nitrogen and oxygen atoms in total. The minimum absolute atomic E-state index is 0.105. The summed E-state index contributed by atoms with van der Waals surface area (Å²) in [7, 11) is -4.15. The number of alkyl halides is 3. The van der Waals surface area contributed by atoms with E-state index in [-0.39, 0.29) is 23.4 Å². The van der Waals surface area contributed by atoms with Crippen LogP contribution in [0.4, 0.5) is 18.9 Å². The molecule has 0 fully saturated rings. The first kappa shape index (κ1) is 19.6. The highest BCUT2D eigenvalue weighted by atomic mass is 32.2. The van der Waals surface area contributed by atoms with Crippen molar-refractivity contribution in [2.45, 2.75) is 24.1 Å². The molecule has 0 bridgehead atoms. The van der Waals surface area contributed by atoms with Gasteiger partial charge in [-0.3, -0.25) is 9.52 Å². The van der Waals surface area contributed by atoms with Gasteiger partial charge in [0.2, 0.25) is 0 Å². The number of aliphatic carboxylic acids is 1. The van der Waals surface area contributed by atoms with E-state index in [0.29, 0.717) is 5.56 Å². The minimum Gasteiger partial charge on any atom is -0.481 e. The van der Waals surface area contributed by atoms with Crippen molar-refractivity contribution in [1.82, 2.24) is 0 Å². The molecular formula is C16H14F3NO5S. The van der Waals surface area contributed by atoms with Gasteiger partial charge in [0, 0.05) is 6.42 Å². The highest BCUT2D eigenvalue weighted by Gasteiger charge is 2.32. The molecule has 2 rings (SSSR count). The largest absolute Gasteiger partial charge is 0.573 e. The Kier molecular flexibility index (Phi) is 5.76. The molecule has 0 unspecified atom stereocenters. The monoisotopic (exact) mass is 389 g/mol. The molecule has 0 atom stereocenters. The smallest absolute Gasteiger partial charge is 0.481 e. The van der Waals surface area contributed by atoms with Gasteiger partial charge in [0.05, 0.1) is 10.6 Å². The predicted octanol–water partition coefficient (Wildman–Crippen LogP) is 3.40. The lowest BCUT2D eigenvalue weighted by Gasteiger charge is -2.14. The molecule has 140 valence electrons. The summed E-state index contributed by atoms with van der Waals surface area (Å²) in [6, 6.07) is 10.1. The number of para-hydroxylation sites is 2. The average Bonchev–Trinajstić information content (AvgIpc) is 2.53. The molecule has 10 heteroatoms. The molecule has 0 aliphatic rings. The number of benzene rings is 2. The number of carbonyl (C=O) groups is 1. The summed E-state index contributed by atoms with van der Waals surface area (Å²) in [6.45, 7) is 0. The standard InChI is InChI=1S/C16H14F3NO5S/c17-16(18,19)25-14-4-2-1-3-13(14)20-26(23,24)12-8-5-11(6-9-12)7-10-15(21)22/h1-6,8-9,20H,7,10H2,(H,21,22). The molecule has 0 saturated heterocycles. The summed E-state index contributed by atoms with van der Waals surface area (Å²) in [5, 5.41) is 8.63. The Morgan fingerprint density at radius 3 is 2.27 bits per heavy atom.